The van der Waals surface area contributed by atoms with Crippen LogP contribution in [-0.2, 0) is 0 Å². The van der Waals surface area contributed by atoms with Gasteiger partial charge in [0.2, 0.25) is 0 Å². The maximum atomic E-state index is 13.0. The Kier molecular flexibility index (Phi) is 6.83. The van der Waals surface area contributed by atoms with Crippen LogP contribution in [0.3, 0.4) is 0 Å². The van der Waals surface area contributed by atoms with Crippen molar-refractivity contribution in [2.75, 3.05) is 30.9 Å². The van der Waals surface area contributed by atoms with Crippen molar-refractivity contribution >= 4 is 52.0 Å². The number of halogens is 1. The zero-order chi connectivity index (χ0) is 24.2. The molecule has 5 rings (SSSR count). The summed E-state index contributed by atoms with van der Waals surface area (Å²) >= 11 is 7.44. The lowest BCUT2D eigenvalue weighted by Crippen LogP contribution is -2.50. The Labute approximate surface area is 212 Å². The van der Waals surface area contributed by atoms with Crippen molar-refractivity contribution in [2.45, 2.75) is 4.90 Å². The van der Waals surface area contributed by atoms with Gasteiger partial charge >= 0.3 is 0 Å². The average Bonchev–Trinajstić information content (AvgIpc) is 2.91. The van der Waals surface area contributed by atoms with Crippen molar-refractivity contribution in [1.29, 1.82) is 0 Å². The number of benzene rings is 2. The molecule has 0 aliphatic carbocycles. The van der Waals surface area contributed by atoms with E-state index in [0.717, 1.165) is 21.5 Å². The first kappa shape index (κ1) is 23.1. The van der Waals surface area contributed by atoms with Gasteiger partial charge in [0.1, 0.15) is 0 Å². The molecule has 1 aliphatic rings. The standard InChI is InChI=1S/C26H22ClN5O2S/c27-21-15-20(16-28-17-21)26(34)32-13-11-31(12-14-32)25(33)19-6-8-22(9-7-19)30-35-23-5-1-3-18-4-2-10-29-24(18)23/h1-10,15-17,30H,11-14H2. The molecule has 35 heavy (non-hydrogen) atoms. The summed E-state index contributed by atoms with van der Waals surface area (Å²) in [6.07, 6.45) is 4.79. The fourth-order valence-corrected chi connectivity index (χ4v) is 4.91. The molecule has 176 valence electrons. The Morgan fingerprint density at radius 3 is 2.26 bits per heavy atom. The van der Waals surface area contributed by atoms with E-state index in [4.69, 9.17) is 11.6 Å². The summed E-state index contributed by atoms with van der Waals surface area (Å²) in [6.45, 7) is 1.88. The van der Waals surface area contributed by atoms with Gasteiger partial charge in [-0.15, -0.1) is 0 Å². The van der Waals surface area contributed by atoms with E-state index < -0.39 is 0 Å². The number of fused-ring (bicyclic) bond motifs is 1. The van der Waals surface area contributed by atoms with E-state index >= 15 is 0 Å². The highest BCUT2D eigenvalue weighted by Gasteiger charge is 2.25. The Hall–Kier alpha value is -3.62. The number of para-hydroxylation sites is 1. The number of aromatic nitrogens is 2. The minimum absolute atomic E-state index is 0.0426. The number of carbonyl (C=O) groups excluding carboxylic acids is 2. The first-order chi connectivity index (χ1) is 17.1. The molecule has 2 aromatic heterocycles. The molecule has 0 atom stereocenters. The van der Waals surface area contributed by atoms with Crippen LogP contribution in [0, 0.1) is 0 Å². The van der Waals surface area contributed by atoms with Gasteiger partial charge in [-0.25, -0.2) is 0 Å². The smallest absolute Gasteiger partial charge is 0.255 e. The van der Waals surface area contributed by atoms with Gasteiger partial charge in [-0.05, 0) is 54.4 Å². The topological polar surface area (TPSA) is 78.4 Å². The van der Waals surface area contributed by atoms with Crippen LogP contribution in [0.15, 0.2) is 84.1 Å². The molecule has 0 radical (unpaired) electrons. The van der Waals surface area contributed by atoms with Gasteiger partial charge < -0.3 is 14.5 Å². The molecule has 1 N–H and O–H groups in total. The van der Waals surface area contributed by atoms with E-state index in [1.807, 2.05) is 54.6 Å². The highest BCUT2D eigenvalue weighted by molar-refractivity contribution is 8.00. The lowest BCUT2D eigenvalue weighted by molar-refractivity contribution is 0.0535. The van der Waals surface area contributed by atoms with Crippen molar-refractivity contribution < 1.29 is 9.59 Å². The van der Waals surface area contributed by atoms with Crippen LogP contribution in [0.5, 0.6) is 0 Å². The summed E-state index contributed by atoms with van der Waals surface area (Å²) < 4.78 is 3.33. The Bertz CT molecular complexity index is 1370. The predicted octanol–water partition coefficient (Wildman–Crippen LogP) is 5.00. The highest BCUT2D eigenvalue weighted by Crippen LogP contribution is 2.27. The van der Waals surface area contributed by atoms with Crippen molar-refractivity contribution in [3.05, 3.63) is 95.4 Å². The first-order valence-corrected chi connectivity index (χ1v) is 12.3. The number of anilines is 1. The van der Waals surface area contributed by atoms with Gasteiger partial charge in [0.05, 0.1) is 21.0 Å². The van der Waals surface area contributed by atoms with Crippen LogP contribution >= 0.6 is 23.5 Å². The van der Waals surface area contributed by atoms with Crippen LogP contribution in [0.25, 0.3) is 10.9 Å². The monoisotopic (exact) mass is 503 g/mol. The molecule has 9 heteroatoms. The number of nitrogens with one attached hydrogen (secondary N) is 1. The molecule has 0 unspecified atom stereocenters. The molecule has 2 aromatic carbocycles. The van der Waals surface area contributed by atoms with Crippen molar-refractivity contribution in [2.24, 2.45) is 0 Å². The third-order valence-corrected chi connectivity index (χ3v) is 6.91. The van der Waals surface area contributed by atoms with Crippen LogP contribution in [0.2, 0.25) is 5.02 Å². The van der Waals surface area contributed by atoms with E-state index in [0.29, 0.717) is 42.3 Å². The number of piperazine rings is 1. The SMILES string of the molecule is O=C(c1ccc(NSc2cccc3cccnc23)cc1)N1CCN(C(=O)c2cncc(Cl)c2)CC1. The van der Waals surface area contributed by atoms with Crippen LogP contribution < -0.4 is 4.72 Å². The molecule has 1 saturated heterocycles. The van der Waals surface area contributed by atoms with E-state index in [-0.39, 0.29) is 11.8 Å². The third kappa shape index (κ3) is 5.23. The molecule has 4 aromatic rings. The number of carbonyl (C=O) groups is 2. The average molecular weight is 504 g/mol. The summed E-state index contributed by atoms with van der Waals surface area (Å²) in [7, 11) is 0. The molecule has 1 aliphatic heterocycles. The second kappa shape index (κ2) is 10.3. The molecule has 2 amide bonds. The van der Waals surface area contributed by atoms with Crippen LogP contribution in [-0.4, -0.2) is 57.8 Å². The van der Waals surface area contributed by atoms with Crippen molar-refractivity contribution in [3.63, 3.8) is 0 Å². The van der Waals surface area contributed by atoms with Crippen molar-refractivity contribution in [1.82, 2.24) is 19.8 Å². The zero-order valence-electron chi connectivity index (χ0n) is 18.7. The zero-order valence-corrected chi connectivity index (χ0v) is 20.3. The number of nitrogens with zero attached hydrogens (tertiary/aromatic N) is 4. The summed E-state index contributed by atoms with van der Waals surface area (Å²) in [5, 5.41) is 1.51. The summed E-state index contributed by atoms with van der Waals surface area (Å²) in [4.78, 5) is 38.7. The second-order valence-electron chi connectivity index (χ2n) is 8.09. The molecule has 1 fully saturated rings. The molecule has 0 bridgehead atoms. The summed E-state index contributed by atoms with van der Waals surface area (Å²) in [5.41, 5.74) is 2.91. The summed E-state index contributed by atoms with van der Waals surface area (Å²) in [5.74, 6) is -0.166. The molecular weight excluding hydrogens is 482 g/mol. The van der Waals surface area contributed by atoms with E-state index in [9.17, 15) is 9.59 Å². The fourth-order valence-electron chi connectivity index (χ4n) is 3.96. The Balaban J connectivity index is 1.17. The van der Waals surface area contributed by atoms with E-state index in [1.54, 1.807) is 22.1 Å². The highest BCUT2D eigenvalue weighted by atomic mass is 35.5. The molecule has 7 nitrogen and oxygen atoms in total. The lowest BCUT2D eigenvalue weighted by Gasteiger charge is -2.34. The second-order valence-corrected chi connectivity index (χ2v) is 9.37. The minimum Gasteiger partial charge on any atom is -0.335 e. The quantitative estimate of drug-likeness (QED) is 0.386. The predicted molar refractivity (Wildman–Crippen MR) is 139 cm³/mol. The normalized spacial score (nSPS) is 13.6. The van der Waals surface area contributed by atoms with Crippen LogP contribution in [0.1, 0.15) is 20.7 Å². The largest absolute Gasteiger partial charge is 0.335 e. The van der Waals surface area contributed by atoms with E-state index in [2.05, 4.69) is 14.7 Å². The van der Waals surface area contributed by atoms with Crippen molar-refractivity contribution in [3.8, 4) is 0 Å². The number of hydrogen-bond acceptors (Lipinski definition) is 6. The number of rotatable bonds is 5. The Morgan fingerprint density at radius 2 is 1.54 bits per heavy atom. The van der Waals surface area contributed by atoms with Gasteiger partial charge in [-0.1, -0.05) is 29.8 Å². The van der Waals surface area contributed by atoms with Gasteiger partial charge in [0.15, 0.2) is 0 Å². The lowest BCUT2D eigenvalue weighted by atomic mass is 10.1. The third-order valence-electron chi connectivity index (χ3n) is 5.81. The van der Waals surface area contributed by atoms with Gasteiger partial charge in [-0.3, -0.25) is 19.6 Å². The fraction of sp³-hybridized carbons (Fsp3) is 0.154. The maximum Gasteiger partial charge on any atom is 0.255 e. The molecule has 0 saturated carbocycles. The first-order valence-electron chi connectivity index (χ1n) is 11.1. The van der Waals surface area contributed by atoms with Crippen LogP contribution in [0.4, 0.5) is 5.69 Å². The number of pyridine rings is 2. The Morgan fingerprint density at radius 1 is 0.857 bits per heavy atom. The molecule has 3 heterocycles. The molecular formula is C26H22ClN5O2S. The van der Waals surface area contributed by atoms with Gasteiger partial charge in [-0.2, -0.15) is 0 Å². The van der Waals surface area contributed by atoms with E-state index in [1.165, 1.54) is 24.3 Å². The van der Waals surface area contributed by atoms with Gasteiger partial charge in [0.25, 0.3) is 11.8 Å². The maximum absolute atomic E-state index is 13.0. The summed E-state index contributed by atoms with van der Waals surface area (Å²) in [6, 6.07) is 19.1. The minimum atomic E-state index is -0.124. The number of amides is 2. The molecule has 0 spiro atoms. The van der Waals surface area contributed by atoms with Gasteiger partial charge in [0, 0.05) is 61.4 Å². The number of hydrogen-bond donors (Lipinski definition) is 1.